The fourth-order valence-electron chi connectivity index (χ4n) is 0.973. The molecule has 5 heteroatoms. The van der Waals surface area contributed by atoms with Crippen molar-refractivity contribution in [3.05, 3.63) is 29.8 Å². The summed E-state index contributed by atoms with van der Waals surface area (Å²) < 4.78 is 0. The van der Waals surface area contributed by atoms with E-state index >= 15 is 0 Å². The Balaban J connectivity index is 0. The van der Waals surface area contributed by atoms with Crippen molar-refractivity contribution in [2.24, 2.45) is 5.73 Å². The Bertz CT molecular complexity index is 305. The molecule has 0 spiro atoms. The molecule has 1 rings (SSSR count). The SMILES string of the molecule is NC(Cc1ccc(O)cc1)C(=O)O.[H-].[Li+]. The average molecular weight is 189 g/mol. The molecule has 4 N–H and O–H groups in total. The van der Waals surface area contributed by atoms with Crippen LogP contribution >= 0.6 is 0 Å². The molecule has 1 unspecified atom stereocenters. The first kappa shape index (κ1) is 13.0. The maximum atomic E-state index is 10.4. The fraction of sp³-hybridized carbons (Fsp3) is 0.222. The van der Waals surface area contributed by atoms with Crippen LogP contribution in [0.1, 0.15) is 6.99 Å². The molecule has 0 aliphatic heterocycles. The van der Waals surface area contributed by atoms with Gasteiger partial charge in [0.05, 0.1) is 0 Å². The smallest absolute Gasteiger partial charge is 1.00 e. The van der Waals surface area contributed by atoms with Crippen LogP contribution in [-0.4, -0.2) is 22.2 Å². The molecule has 0 saturated heterocycles. The molecule has 14 heavy (non-hydrogen) atoms. The van der Waals surface area contributed by atoms with Crippen molar-refractivity contribution in [2.75, 3.05) is 0 Å². The molecule has 0 bridgehead atoms. The second-order valence-corrected chi connectivity index (χ2v) is 2.82. The van der Waals surface area contributed by atoms with Crippen LogP contribution in [0.3, 0.4) is 0 Å². The molecule has 0 radical (unpaired) electrons. The Morgan fingerprint density at radius 1 is 1.43 bits per heavy atom. The number of carboxylic acid groups (broad SMARTS) is 1. The van der Waals surface area contributed by atoms with Crippen molar-refractivity contribution in [3.8, 4) is 5.75 Å². The van der Waals surface area contributed by atoms with Crippen molar-refractivity contribution >= 4 is 5.97 Å². The Labute approximate surface area is 95.4 Å². The molecular formula is C9H12LiNO3. The normalized spacial score (nSPS) is 11.5. The van der Waals surface area contributed by atoms with Crippen LogP contribution in [0.25, 0.3) is 0 Å². The maximum Gasteiger partial charge on any atom is 1.00 e. The maximum absolute atomic E-state index is 10.4. The molecule has 0 aliphatic rings. The summed E-state index contributed by atoms with van der Waals surface area (Å²) in [5, 5.41) is 17.5. The van der Waals surface area contributed by atoms with Crippen molar-refractivity contribution in [1.29, 1.82) is 0 Å². The third-order valence-corrected chi connectivity index (χ3v) is 1.71. The predicted octanol–water partition coefficient (Wildman–Crippen LogP) is -2.54. The number of hydrogen-bond acceptors (Lipinski definition) is 3. The summed E-state index contributed by atoms with van der Waals surface area (Å²) in [6, 6.07) is 5.42. The number of carbonyl (C=O) groups is 1. The number of benzene rings is 1. The number of phenolic OH excluding ortho intramolecular Hbond substituents is 1. The molecular weight excluding hydrogens is 177 g/mol. The second-order valence-electron chi connectivity index (χ2n) is 2.82. The minimum absolute atomic E-state index is 0. The molecule has 0 aliphatic carbocycles. The van der Waals surface area contributed by atoms with Crippen molar-refractivity contribution in [3.63, 3.8) is 0 Å². The summed E-state index contributed by atoms with van der Waals surface area (Å²) >= 11 is 0. The van der Waals surface area contributed by atoms with E-state index in [1.54, 1.807) is 12.1 Å². The predicted molar refractivity (Wildman–Crippen MR) is 48.5 cm³/mol. The third-order valence-electron chi connectivity index (χ3n) is 1.71. The summed E-state index contributed by atoms with van der Waals surface area (Å²) in [7, 11) is 0. The van der Waals surface area contributed by atoms with Gasteiger partial charge in [-0.1, -0.05) is 12.1 Å². The minimum atomic E-state index is -1.02. The zero-order chi connectivity index (χ0) is 9.84. The number of nitrogens with two attached hydrogens (primary N) is 1. The van der Waals surface area contributed by atoms with Gasteiger partial charge in [0.15, 0.2) is 0 Å². The van der Waals surface area contributed by atoms with Gasteiger partial charge in [-0.25, -0.2) is 0 Å². The number of carboxylic acids is 1. The number of aromatic hydroxyl groups is 1. The topological polar surface area (TPSA) is 83.5 Å². The minimum Gasteiger partial charge on any atom is -1.00 e. The van der Waals surface area contributed by atoms with E-state index < -0.39 is 12.0 Å². The molecule has 0 saturated carbocycles. The fourth-order valence-corrected chi connectivity index (χ4v) is 0.973. The molecule has 1 aromatic carbocycles. The van der Waals surface area contributed by atoms with E-state index in [4.69, 9.17) is 15.9 Å². The Morgan fingerprint density at radius 3 is 2.36 bits per heavy atom. The summed E-state index contributed by atoms with van der Waals surface area (Å²) in [4.78, 5) is 10.4. The van der Waals surface area contributed by atoms with Crippen LogP contribution < -0.4 is 24.6 Å². The Morgan fingerprint density at radius 2 is 1.93 bits per heavy atom. The average Bonchev–Trinajstić information content (AvgIpc) is 2.08. The molecule has 0 fully saturated rings. The van der Waals surface area contributed by atoms with E-state index in [0.717, 1.165) is 5.56 Å². The number of aliphatic carboxylic acids is 1. The van der Waals surface area contributed by atoms with E-state index in [-0.39, 0.29) is 32.5 Å². The number of rotatable bonds is 3. The van der Waals surface area contributed by atoms with Crippen LogP contribution in [0.5, 0.6) is 5.75 Å². The quantitative estimate of drug-likeness (QED) is 0.457. The van der Waals surface area contributed by atoms with E-state index in [2.05, 4.69) is 0 Å². The largest absolute Gasteiger partial charge is 1.00 e. The van der Waals surface area contributed by atoms with Crippen LogP contribution in [0.4, 0.5) is 0 Å². The summed E-state index contributed by atoms with van der Waals surface area (Å²) in [5.74, 6) is -0.860. The van der Waals surface area contributed by atoms with Crippen LogP contribution in [0, 0.1) is 0 Å². The van der Waals surface area contributed by atoms with Gasteiger partial charge in [-0.2, -0.15) is 0 Å². The molecule has 1 aromatic rings. The summed E-state index contributed by atoms with van der Waals surface area (Å²) in [6.45, 7) is 0. The first-order valence-corrected chi connectivity index (χ1v) is 3.86. The van der Waals surface area contributed by atoms with Crippen LogP contribution in [0.2, 0.25) is 0 Å². The van der Waals surface area contributed by atoms with Crippen LogP contribution in [-0.2, 0) is 11.2 Å². The molecule has 0 amide bonds. The van der Waals surface area contributed by atoms with E-state index in [0.29, 0.717) is 0 Å². The zero-order valence-electron chi connectivity index (χ0n) is 8.97. The molecule has 0 heterocycles. The summed E-state index contributed by atoms with van der Waals surface area (Å²) in [6.07, 6.45) is 0.273. The Hall–Kier alpha value is -0.953. The number of phenols is 1. The van der Waals surface area contributed by atoms with Gasteiger partial charge in [0.25, 0.3) is 0 Å². The standard InChI is InChI=1S/C9H11NO3.Li.H/c10-8(9(12)13)5-6-1-3-7(11)4-2-6;;/h1-4,8,11H,5,10H2,(H,12,13);;/q;+1;-1. The van der Waals surface area contributed by atoms with Gasteiger partial charge in [-0.05, 0) is 24.1 Å². The van der Waals surface area contributed by atoms with E-state index in [1.165, 1.54) is 12.1 Å². The van der Waals surface area contributed by atoms with Gasteiger partial charge in [-0.3, -0.25) is 4.79 Å². The number of hydrogen-bond donors (Lipinski definition) is 3. The molecule has 1 atom stereocenters. The van der Waals surface area contributed by atoms with Crippen molar-refractivity contribution in [1.82, 2.24) is 0 Å². The van der Waals surface area contributed by atoms with Crippen molar-refractivity contribution in [2.45, 2.75) is 12.5 Å². The van der Waals surface area contributed by atoms with Gasteiger partial charge >= 0.3 is 24.8 Å². The van der Waals surface area contributed by atoms with Gasteiger partial charge in [0.2, 0.25) is 0 Å². The molecule has 4 nitrogen and oxygen atoms in total. The van der Waals surface area contributed by atoms with Gasteiger partial charge in [-0.15, -0.1) is 0 Å². The van der Waals surface area contributed by atoms with E-state index in [1.807, 2.05) is 0 Å². The monoisotopic (exact) mass is 189 g/mol. The third kappa shape index (κ3) is 3.84. The van der Waals surface area contributed by atoms with Gasteiger partial charge < -0.3 is 17.4 Å². The zero-order valence-corrected chi connectivity index (χ0v) is 7.97. The molecule has 0 aromatic heterocycles. The Kier molecular flexibility index (Phi) is 5.32. The van der Waals surface area contributed by atoms with Crippen molar-refractivity contribution < 1.29 is 35.3 Å². The molecule has 72 valence electrons. The first-order chi connectivity index (χ1) is 6.09. The first-order valence-electron chi connectivity index (χ1n) is 3.86. The van der Waals surface area contributed by atoms with Gasteiger partial charge in [0.1, 0.15) is 11.8 Å². The van der Waals surface area contributed by atoms with Crippen LogP contribution in [0.15, 0.2) is 24.3 Å². The van der Waals surface area contributed by atoms with E-state index in [9.17, 15) is 4.79 Å². The second kappa shape index (κ2) is 5.71. The van der Waals surface area contributed by atoms with Gasteiger partial charge in [0, 0.05) is 0 Å². The summed E-state index contributed by atoms with van der Waals surface area (Å²) in [5.41, 5.74) is 6.12.